The molecule has 80 valence electrons. The van der Waals surface area contributed by atoms with E-state index < -0.39 is 5.97 Å². The van der Waals surface area contributed by atoms with Crippen LogP contribution in [0.25, 0.3) is 0 Å². The van der Waals surface area contributed by atoms with Gasteiger partial charge >= 0.3 is 5.97 Å². The zero-order chi connectivity index (χ0) is 11.0. The lowest BCUT2D eigenvalue weighted by Crippen LogP contribution is -1.99. The maximum absolute atomic E-state index is 10.9. The molecule has 15 heavy (non-hydrogen) atoms. The van der Waals surface area contributed by atoms with Gasteiger partial charge in [-0.25, -0.2) is 0 Å². The van der Waals surface area contributed by atoms with Crippen LogP contribution >= 0.6 is 0 Å². The van der Waals surface area contributed by atoms with Crippen LogP contribution in [0.1, 0.15) is 18.4 Å². The Labute approximate surface area is 88.7 Å². The first-order chi connectivity index (χ1) is 7.15. The van der Waals surface area contributed by atoms with E-state index in [2.05, 4.69) is 0 Å². The SMILES string of the molecule is COc1ccc([C@@H]2[C@@H](C)[C@H]2C(=O)O)cc1. The number of carboxylic acids is 1. The molecule has 2 rings (SSSR count). The Morgan fingerprint density at radius 3 is 2.33 bits per heavy atom. The van der Waals surface area contributed by atoms with Gasteiger partial charge in [-0.05, 0) is 23.6 Å². The van der Waals surface area contributed by atoms with E-state index in [9.17, 15) is 4.79 Å². The molecule has 1 saturated carbocycles. The zero-order valence-electron chi connectivity index (χ0n) is 8.81. The fourth-order valence-corrected chi connectivity index (χ4v) is 2.18. The molecule has 0 aromatic heterocycles. The number of hydrogen-bond acceptors (Lipinski definition) is 2. The standard InChI is InChI=1S/C12H14O3/c1-7-10(11(7)12(13)14)8-3-5-9(15-2)6-4-8/h3-7,10-11H,1-2H3,(H,13,14)/t7-,10+,11-/m1/s1. The van der Waals surface area contributed by atoms with E-state index in [0.29, 0.717) is 0 Å². The Morgan fingerprint density at radius 2 is 1.93 bits per heavy atom. The lowest BCUT2D eigenvalue weighted by Gasteiger charge is -2.01. The van der Waals surface area contributed by atoms with Crippen molar-refractivity contribution in [2.45, 2.75) is 12.8 Å². The third-order valence-corrected chi connectivity index (χ3v) is 3.16. The highest BCUT2D eigenvalue weighted by atomic mass is 16.5. The number of methoxy groups -OCH3 is 1. The maximum atomic E-state index is 10.9. The van der Waals surface area contributed by atoms with Gasteiger partial charge in [-0.2, -0.15) is 0 Å². The van der Waals surface area contributed by atoms with Gasteiger partial charge in [-0.15, -0.1) is 0 Å². The average Bonchev–Trinajstić information content (AvgIpc) is 2.90. The van der Waals surface area contributed by atoms with Gasteiger partial charge in [-0.1, -0.05) is 19.1 Å². The Balaban J connectivity index is 2.15. The minimum absolute atomic E-state index is 0.174. The number of carboxylic acid groups (broad SMARTS) is 1. The van der Waals surface area contributed by atoms with Crippen molar-refractivity contribution >= 4 is 5.97 Å². The van der Waals surface area contributed by atoms with Gasteiger partial charge in [0.2, 0.25) is 0 Å². The fraction of sp³-hybridized carbons (Fsp3) is 0.417. The van der Waals surface area contributed by atoms with E-state index in [1.54, 1.807) is 7.11 Å². The predicted molar refractivity (Wildman–Crippen MR) is 56.0 cm³/mol. The molecule has 3 heteroatoms. The summed E-state index contributed by atoms with van der Waals surface area (Å²) in [5, 5.41) is 8.93. The molecule has 3 atom stereocenters. The van der Waals surface area contributed by atoms with Crippen molar-refractivity contribution in [3.63, 3.8) is 0 Å². The highest BCUT2D eigenvalue weighted by Crippen LogP contribution is 2.53. The normalized spacial score (nSPS) is 28.5. The first-order valence-corrected chi connectivity index (χ1v) is 5.02. The molecule has 1 fully saturated rings. The second-order valence-electron chi connectivity index (χ2n) is 4.02. The summed E-state index contributed by atoms with van der Waals surface area (Å²) >= 11 is 0. The van der Waals surface area contributed by atoms with Gasteiger partial charge in [0.1, 0.15) is 5.75 Å². The van der Waals surface area contributed by atoms with Crippen molar-refractivity contribution in [1.82, 2.24) is 0 Å². The molecule has 0 amide bonds. The van der Waals surface area contributed by atoms with Crippen molar-refractivity contribution in [2.24, 2.45) is 11.8 Å². The molecule has 0 radical (unpaired) electrons. The number of benzene rings is 1. The van der Waals surface area contributed by atoms with E-state index in [-0.39, 0.29) is 17.8 Å². The smallest absolute Gasteiger partial charge is 0.307 e. The Hall–Kier alpha value is -1.51. The predicted octanol–water partition coefficient (Wildman–Crippen LogP) is 2.13. The number of rotatable bonds is 3. The van der Waals surface area contributed by atoms with Crippen molar-refractivity contribution < 1.29 is 14.6 Å². The van der Waals surface area contributed by atoms with E-state index >= 15 is 0 Å². The molecule has 1 aliphatic rings. The molecule has 0 aliphatic heterocycles. The zero-order valence-corrected chi connectivity index (χ0v) is 8.81. The minimum atomic E-state index is -0.691. The van der Waals surface area contributed by atoms with Gasteiger partial charge in [0.15, 0.2) is 0 Å². The van der Waals surface area contributed by atoms with E-state index in [1.165, 1.54) is 0 Å². The van der Waals surface area contributed by atoms with Crippen molar-refractivity contribution in [3.8, 4) is 5.75 Å². The molecule has 0 bridgehead atoms. The van der Waals surface area contributed by atoms with Crippen LogP contribution in [-0.2, 0) is 4.79 Å². The second-order valence-corrected chi connectivity index (χ2v) is 4.02. The van der Waals surface area contributed by atoms with Gasteiger partial charge < -0.3 is 9.84 Å². The van der Waals surface area contributed by atoms with Crippen molar-refractivity contribution in [2.75, 3.05) is 7.11 Å². The summed E-state index contributed by atoms with van der Waals surface area (Å²) in [6.07, 6.45) is 0. The van der Waals surface area contributed by atoms with Crippen LogP contribution in [0.4, 0.5) is 0 Å². The van der Waals surface area contributed by atoms with Crippen LogP contribution in [0.15, 0.2) is 24.3 Å². The molecule has 0 spiro atoms. The number of aliphatic carboxylic acids is 1. The van der Waals surface area contributed by atoms with Gasteiger partial charge in [0.05, 0.1) is 13.0 Å². The van der Waals surface area contributed by atoms with Gasteiger partial charge in [0, 0.05) is 5.92 Å². The highest BCUT2D eigenvalue weighted by Gasteiger charge is 2.52. The molecule has 1 aromatic carbocycles. The molecule has 0 saturated heterocycles. The fourth-order valence-electron chi connectivity index (χ4n) is 2.18. The van der Waals surface area contributed by atoms with Crippen LogP contribution < -0.4 is 4.74 Å². The Morgan fingerprint density at radius 1 is 1.33 bits per heavy atom. The lowest BCUT2D eigenvalue weighted by molar-refractivity contribution is -0.138. The molecule has 1 N–H and O–H groups in total. The largest absolute Gasteiger partial charge is 0.497 e. The number of hydrogen-bond donors (Lipinski definition) is 1. The Bertz CT molecular complexity index is 369. The summed E-state index contributed by atoms with van der Waals surface area (Å²) < 4.78 is 5.05. The van der Waals surface area contributed by atoms with Crippen LogP contribution in [0.2, 0.25) is 0 Å². The monoisotopic (exact) mass is 206 g/mol. The first kappa shape index (κ1) is 10.0. The summed E-state index contributed by atoms with van der Waals surface area (Å²) in [6.45, 7) is 1.98. The third kappa shape index (κ3) is 1.69. The summed E-state index contributed by atoms with van der Waals surface area (Å²) in [5.74, 6) is 0.324. The van der Waals surface area contributed by atoms with Crippen LogP contribution in [0.5, 0.6) is 5.75 Å². The molecular formula is C12H14O3. The van der Waals surface area contributed by atoms with Crippen molar-refractivity contribution in [1.29, 1.82) is 0 Å². The summed E-state index contributed by atoms with van der Waals surface area (Å²) in [4.78, 5) is 10.9. The van der Waals surface area contributed by atoms with E-state index in [4.69, 9.17) is 9.84 Å². The van der Waals surface area contributed by atoms with Crippen LogP contribution in [0, 0.1) is 11.8 Å². The summed E-state index contributed by atoms with van der Waals surface area (Å²) in [5.41, 5.74) is 1.09. The maximum Gasteiger partial charge on any atom is 0.307 e. The summed E-state index contributed by atoms with van der Waals surface area (Å²) in [6, 6.07) is 7.64. The van der Waals surface area contributed by atoms with Crippen molar-refractivity contribution in [3.05, 3.63) is 29.8 Å². The molecule has 0 heterocycles. The number of ether oxygens (including phenoxy) is 1. The van der Waals surface area contributed by atoms with Gasteiger partial charge in [0.25, 0.3) is 0 Å². The second kappa shape index (κ2) is 3.57. The first-order valence-electron chi connectivity index (χ1n) is 5.02. The van der Waals surface area contributed by atoms with E-state index in [1.807, 2.05) is 31.2 Å². The van der Waals surface area contributed by atoms with E-state index in [0.717, 1.165) is 11.3 Å². The lowest BCUT2D eigenvalue weighted by atomic mass is 10.1. The topological polar surface area (TPSA) is 46.5 Å². The highest BCUT2D eigenvalue weighted by molar-refractivity contribution is 5.76. The summed E-state index contributed by atoms with van der Waals surface area (Å²) in [7, 11) is 1.62. The Kier molecular flexibility index (Phi) is 2.39. The van der Waals surface area contributed by atoms with Crippen LogP contribution in [-0.4, -0.2) is 18.2 Å². The molecule has 0 unspecified atom stereocenters. The third-order valence-electron chi connectivity index (χ3n) is 3.16. The van der Waals surface area contributed by atoms with Gasteiger partial charge in [-0.3, -0.25) is 4.79 Å². The molecular weight excluding hydrogens is 192 g/mol. The molecule has 3 nitrogen and oxygen atoms in total. The van der Waals surface area contributed by atoms with Crippen LogP contribution in [0.3, 0.4) is 0 Å². The minimum Gasteiger partial charge on any atom is -0.497 e. The number of carbonyl (C=O) groups is 1. The molecule has 1 aliphatic carbocycles. The average molecular weight is 206 g/mol. The quantitative estimate of drug-likeness (QED) is 0.824. The molecule has 1 aromatic rings.